The van der Waals surface area contributed by atoms with Crippen LogP contribution in [0.2, 0.25) is 0 Å². The van der Waals surface area contributed by atoms with Crippen molar-refractivity contribution in [1.29, 1.82) is 0 Å². The predicted molar refractivity (Wildman–Crippen MR) is 58.7 cm³/mol. The zero-order valence-electron chi connectivity index (χ0n) is 8.76. The number of rotatable bonds is 6. The molecule has 0 aliphatic carbocycles. The van der Waals surface area contributed by atoms with Gasteiger partial charge < -0.3 is 10.6 Å². The molecule has 0 aliphatic rings. The van der Waals surface area contributed by atoms with E-state index in [0.717, 1.165) is 19.6 Å². The molecule has 2 nitrogen and oxygen atoms in total. The van der Waals surface area contributed by atoms with Crippen molar-refractivity contribution in [1.82, 2.24) is 4.90 Å². The van der Waals surface area contributed by atoms with Crippen molar-refractivity contribution in [2.75, 3.05) is 38.7 Å². The summed E-state index contributed by atoms with van der Waals surface area (Å²) in [5.74, 6) is 1.21. The molecule has 0 aromatic rings. The van der Waals surface area contributed by atoms with Crippen molar-refractivity contribution in [3.63, 3.8) is 0 Å². The summed E-state index contributed by atoms with van der Waals surface area (Å²) in [7, 11) is 2.16. The Morgan fingerprint density at radius 2 is 2.00 bits per heavy atom. The molecular weight excluding hydrogens is 168 g/mol. The van der Waals surface area contributed by atoms with E-state index < -0.39 is 0 Å². The van der Waals surface area contributed by atoms with Gasteiger partial charge in [-0.3, -0.25) is 0 Å². The molecule has 2 N–H and O–H groups in total. The van der Waals surface area contributed by atoms with Crippen LogP contribution in [0.1, 0.15) is 13.8 Å². The molecule has 0 bridgehead atoms. The molecule has 0 rings (SSSR count). The first-order chi connectivity index (χ1) is 5.52. The lowest BCUT2D eigenvalue weighted by Gasteiger charge is -2.28. The topological polar surface area (TPSA) is 29.3 Å². The van der Waals surface area contributed by atoms with E-state index >= 15 is 0 Å². The Kier molecular flexibility index (Phi) is 5.97. The van der Waals surface area contributed by atoms with Gasteiger partial charge in [-0.1, -0.05) is 13.8 Å². The zero-order valence-corrected chi connectivity index (χ0v) is 9.58. The van der Waals surface area contributed by atoms with Gasteiger partial charge >= 0.3 is 0 Å². The van der Waals surface area contributed by atoms with Crippen molar-refractivity contribution in [2.24, 2.45) is 11.1 Å². The van der Waals surface area contributed by atoms with Crippen LogP contribution in [0.5, 0.6) is 0 Å². The van der Waals surface area contributed by atoms with Crippen LogP contribution < -0.4 is 5.73 Å². The Hall–Kier alpha value is 0.270. The molecule has 3 heteroatoms. The summed E-state index contributed by atoms with van der Waals surface area (Å²) >= 11 is 1.89. The van der Waals surface area contributed by atoms with Crippen molar-refractivity contribution < 1.29 is 0 Å². The highest BCUT2D eigenvalue weighted by molar-refractivity contribution is 7.98. The van der Waals surface area contributed by atoms with Crippen LogP contribution >= 0.6 is 11.8 Å². The maximum atomic E-state index is 5.65. The number of nitrogens with zero attached hydrogens (tertiary/aromatic N) is 1. The lowest BCUT2D eigenvalue weighted by molar-refractivity contribution is 0.225. The summed E-state index contributed by atoms with van der Waals surface area (Å²) in [6.07, 6.45) is 2.14. The van der Waals surface area contributed by atoms with Gasteiger partial charge in [-0.15, -0.1) is 0 Å². The fraction of sp³-hybridized carbons (Fsp3) is 1.00. The zero-order chi connectivity index (χ0) is 9.61. The molecule has 0 spiro atoms. The first kappa shape index (κ1) is 12.3. The quantitative estimate of drug-likeness (QED) is 0.684. The maximum absolute atomic E-state index is 5.65. The van der Waals surface area contributed by atoms with E-state index in [2.05, 4.69) is 32.1 Å². The third-order valence-corrected chi connectivity index (χ3v) is 2.52. The molecule has 12 heavy (non-hydrogen) atoms. The molecule has 74 valence electrons. The lowest BCUT2D eigenvalue weighted by atomic mass is 9.93. The Labute approximate surface area is 80.9 Å². The second-order valence-corrected chi connectivity index (χ2v) is 5.08. The van der Waals surface area contributed by atoms with E-state index in [0.29, 0.717) is 0 Å². The third-order valence-electron chi connectivity index (χ3n) is 1.93. The van der Waals surface area contributed by atoms with Crippen molar-refractivity contribution in [3.05, 3.63) is 0 Å². The molecule has 0 radical (unpaired) electrons. The van der Waals surface area contributed by atoms with Gasteiger partial charge in [0.15, 0.2) is 0 Å². The largest absolute Gasteiger partial charge is 0.330 e. The lowest BCUT2D eigenvalue weighted by Crippen LogP contribution is -2.37. The number of nitrogens with two attached hydrogens (primary N) is 1. The SMILES string of the molecule is CSCCN(C)CC(C)(C)CN. The van der Waals surface area contributed by atoms with Crippen molar-refractivity contribution in [3.8, 4) is 0 Å². The molecule has 0 fully saturated rings. The van der Waals surface area contributed by atoms with E-state index in [-0.39, 0.29) is 5.41 Å². The Balaban J connectivity index is 3.60. The summed E-state index contributed by atoms with van der Waals surface area (Å²) in [6, 6.07) is 0. The minimum Gasteiger partial charge on any atom is -0.330 e. The molecule has 0 unspecified atom stereocenters. The van der Waals surface area contributed by atoms with Gasteiger partial charge in [0.2, 0.25) is 0 Å². The Morgan fingerprint density at radius 3 is 2.42 bits per heavy atom. The molecule has 0 saturated carbocycles. The molecule has 0 aliphatic heterocycles. The van der Waals surface area contributed by atoms with Crippen LogP contribution in [-0.2, 0) is 0 Å². The summed E-state index contributed by atoms with van der Waals surface area (Å²) < 4.78 is 0. The smallest absolute Gasteiger partial charge is 0.00694 e. The highest BCUT2D eigenvalue weighted by Gasteiger charge is 2.17. The maximum Gasteiger partial charge on any atom is 0.00694 e. The molecule has 0 atom stereocenters. The normalized spacial score (nSPS) is 12.5. The number of thioether (sulfide) groups is 1. The van der Waals surface area contributed by atoms with Crippen LogP contribution in [0.15, 0.2) is 0 Å². The monoisotopic (exact) mass is 190 g/mol. The van der Waals surface area contributed by atoms with Gasteiger partial charge in [0.25, 0.3) is 0 Å². The molecule has 0 saturated heterocycles. The van der Waals surface area contributed by atoms with Gasteiger partial charge in [0.1, 0.15) is 0 Å². The van der Waals surface area contributed by atoms with Crippen molar-refractivity contribution in [2.45, 2.75) is 13.8 Å². The second-order valence-electron chi connectivity index (χ2n) is 4.10. The number of hydrogen-bond donors (Lipinski definition) is 1. The van der Waals surface area contributed by atoms with Gasteiger partial charge in [-0.05, 0) is 25.3 Å². The van der Waals surface area contributed by atoms with Gasteiger partial charge in [0, 0.05) is 18.8 Å². The van der Waals surface area contributed by atoms with Crippen LogP contribution in [0.4, 0.5) is 0 Å². The van der Waals surface area contributed by atoms with E-state index in [4.69, 9.17) is 5.73 Å². The van der Waals surface area contributed by atoms with Crippen LogP contribution in [0, 0.1) is 5.41 Å². The molecule has 0 aromatic heterocycles. The molecule has 0 heterocycles. The number of hydrogen-bond acceptors (Lipinski definition) is 3. The van der Waals surface area contributed by atoms with Crippen molar-refractivity contribution >= 4 is 11.8 Å². The summed E-state index contributed by atoms with van der Waals surface area (Å²) in [6.45, 7) is 7.43. The second kappa shape index (κ2) is 5.84. The summed E-state index contributed by atoms with van der Waals surface area (Å²) in [4.78, 5) is 2.35. The molecular formula is C9H22N2S. The summed E-state index contributed by atoms with van der Waals surface area (Å²) in [5.41, 5.74) is 5.91. The van der Waals surface area contributed by atoms with E-state index in [1.165, 1.54) is 5.75 Å². The average Bonchev–Trinajstić information content (AvgIpc) is 2.00. The van der Waals surface area contributed by atoms with Gasteiger partial charge in [0.05, 0.1) is 0 Å². The average molecular weight is 190 g/mol. The predicted octanol–water partition coefficient (Wildman–Crippen LogP) is 1.27. The standard InChI is InChI=1S/C9H22N2S/c1-9(2,7-10)8-11(3)5-6-12-4/h5-8,10H2,1-4H3. The van der Waals surface area contributed by atoms with E-state index in [1.807, 2.05) is 11.8 Å². The minimum atomic E-state index is 0.257. The fourth-order valence-electron chi connectivity index (χ4n) is 1.12. The first-order valence-electron chi connectivity index (χ1n) is 4.39. The first-order valence-corrected chi connectivity index (χ1v) is 5.79. The van der Waals surface area contributed by atoms with E-state index in [9.17, 15) is 0 Å². The van der Waals surface area contributed by atoms with Crippen LogP contribution in [-0.4, -0.2) is 43.6 Å². The van der Waals surface area contributed by atoms with E-state index in [1.54, 1.807) is 0 Å². The fourth-order valence-corrected chi connectivity index (χ4v) is 1.62. The Bertz CT molecular complexity index is 115. The third kappa shape index (κ3) is 5.86. The minimum absolute atomic E-state index is 0.257. The van der Waals surface area contributed by atoms with Gasteiger partial charge in [-0.2, -0.15) is 11.8 Å². The Morgan fingerprint density at radius 1 is 1.42 bits per heavy atom. The van der Waals surface area contributed by atoms with Crippen LogP contribution in [0.25, 0.3) is 0 Å². The highest BCUT2D eigenvalue weighted by Crippen LogP contribution is 2.13. The molecule has 0 amide bonds. The summed E-state index contributed by atoms with van der Waals surface area (Å²) in [5, 5.41) is 0. The van der Waals surface area contributed by atoms with Crippen LogP contribution in [0.3, 0.4) is 0 Å². The molecule has 0 aromatic carbocycles. The highest BCUT2D eigenvalue weighted by atomic mass is 32.2. The van der Waals surface area contributed by atoms with Gasteiger partial charge in [-0.25, -0.2) is 0 Å².